The summed E-state index contributed by atoms with van der Waals surface area (Å²) < 4.78 is 0. The van der Waals surface area contributed by atoms with Crippen LogP contribution in [0.5, 0.6) is 0 Å². The molecular weight excluding hydrogens is 238 g/mol. The minimum Gasteiger partial charge on any atom is -0.274 e. The predicted octanol–water partition coefficient (Wildman–Crippen LogP) is 2.42. The van der Waals surface area contributed by atoms with Gasteiger partial charge in [-0.3, -0.25) is 9.59 Å². The van der Waals surface area contributed by atoms with E-state index in [1.165, 1.54) is 4.90 Å². The minimum atomic E-state index is -0.264. The van der Waals surface area contributed by atoms with Gasteiger partial charge < -0.3 is 0 Å². The molecule has 1 aliphatic heterocycles. The molecule has 0 unspecified atom stereocenters. The predicted molar refractivity (Wildman–Crippen MR) is 67.1 cm³/mol. The lowest BCUT2D eigenvalue weighted by Gasteiger charge is -2.13. The van der Waals surface area contributed by atoms with Crippen LogP contribution in [0.25, 0.3) is 0 Å². The van der Waals surface area contributed by atoms with Gasteiger partial charge in [-0.25, -0.2) is 4.90 Å². The van der Waals surface area contributed by atoms with Crippen LogP contribution in [0.1, 0.15) is 12.0 Å². The summed E-state index contributed by atoms with van der Waals surface area (Å²) in [5, 5.41) is 0. The molecule has 3 nitrogen and oxygen atoms in total. The Hall–Kier alpha value is -1.61. The highest BCUT2D eigenvalue weighted by atomic mass is 35.5. The zero-order chi connectivity index (χ0) is 12.4. The Bertz CT molecular complexity index is 491. The van der Waals surface area contributed by atoms with Gasteiger partial charge in [0.05, 0.1) is 12.1 Å². The van der Waals surface area contributed by atoms with Gasteiger partial charge in [-0.05, 0) is 19.1 Å². The summed E-state index contributed by atoms with van der Waals surface area (Å²) >= 11 is 5.55. The Balaban J connectivity index is 2.34. The Morgan fingerprint density at radius 3 is 2.53 bits per heavy atom. The Morgan fingerprint density at radius 1 is 1.29 bits per heavy atom. The third-order valence-electron chi connectivity index (χ3n) is 2.68. The van der Waals surface area contributed by atoms with Crippen molar-refractivity contribution in [1.82, 2.24) is 0 Å². The number of benzene rings is 1. The number of imide groups is 1. The molecule has 0 bridgehead atoms. The summed E-state index contributed by atoms with van der Waals surface area (Å²) in [6.45, 7) is 1.95. The first kappa shape index (κ1) is 11.9. The van der Waals surface area contributed by atoms with Crippen molar-refractivity contribution in [2.45, 2.75) is 13.3 Å². The van der Waals surface area contributed by atoms with Crippen LogP contribution in [-0.2, 0) is 9.59 Å². The van der Waals surface area contributed by atoms with Crippen LogP contribution in [0.2, 0.25) is 0 Å². The minimum absolute atomic E-state index is 0.138. The molecule has 88 valence electrons. The number of alkyl halides is 1. The van der Waals surface area contributed by atoms with E-state index in [1.54, 1.807) is 18.2 Å². The number of carbonyl (C=O) groups excluding carboxylic acids is 2. The molecule has 0 aliphatic carbocycles. The van der Waals surface area contributed by atoms with E-state index < -0.39 is 0 Å². The molecule has 1 aliphatic rings. The van der Waals surface area contributed by atoms with Crippen molar-refractivity contribution in [2.75, 3.05) is 10.8 Å². The van der Waals surface area contributed by atoms with Crippen LogP contribution in [0.4, 0.5) is 5.69 Å². The molecule has 2 rings (SSSR count). The zero-order valence-electron chi connectivity index (χ0n) is 9.44. The van der Waals surface area contributed by atoms with Crippen molar-refractivity contribution in [3.63, 3.8) is 0 Å². The molecule has 0 saturated carbocycles. The van der Waals surface area contributed by atoms with Crippen molar-refractivity contribution in [1.29, 1.82) is 0 Å². The van der Waals surface area contributed by atoms with Gasteiger partial charge in [-0.2, -0.15) is 0 Å². The number of halogens is 1. The SMILES string of the molecule is Cc1ccc(N2C(=O)C/C(=C\CCl)C2=O)cc1. The summed E-state index contributed by atoms with van der Waals surface area (Å²) in [7, 11) is 0. The third kappa shape index (κ3) is 2.24. The highest BCUT2D eigenvalue weighted by Crippen LogP contribution is 2.26. The smallest absolute Gasteiger partial charge is 0.261 e. The van der Waals surface area contributed by atoms with Crippen LogP contribution in [0.15, 0.2) is 35.9 Å². The van der Waals surface area contributed by atoms with Gasteiger partial charge in [0.25, 0.3) is 5.91 Å². The molecular formula is C13H12ClNO2. The summed E-state index contributed by atoms with van der Waals surface area (Å²) in [6.07, 6.45) is 1.73. The number of rotatable bonds is 2. The highest BCUT2D eigenvalue weighted by molar-refractivity contribution is 6.28. The molecule has 1 aromatic carbocycles. The maximum absolute atomic E-state index is 12.0. The number of aryl methyl sites for hydroxylation is 1. The van der Waals surface area contributed by atoms with Crippen LogP contribution < -0.4 is 4.90 Å². The second-order valence-corrected chi connectivity index (χ2v) is 4.24. The van der Waals surface area contributed by atoms with E-state index in [0.717, 1.165) is 5.56 Å². The Morgan fingerprint density at radius 2 is 1.94 bits per heavy atom. The molecule has 0 atom stereocenters. The van der Waals surface area contributed by atoms with E-state index >= 15 is 0 Å². The van der Waals surface area contributed by atoms with Gasteiger partial charge in [-0.15, -0.1) is 11.6 Å². The normalized spacial score (nSPS) is 18.2. The van der Waals surface area contributed by atoms with Crippen molar-refractivity contribution in [2.24, 2.45) is 0 Å². The van der Waals surface area contributed by atoms with Crippen LogP contribution in [0, 0.1) is 6.92 Å². The number of allylic oxidation sites excluding steroid dienone is 1. The van der Waals surface area contributed by atoms with E-state index in [0.29, 0.717) is 11.3 Å². The van der Waals surface area contributed by atoms with Gasteiger partial charge in [0.15, 0.2) is 0 Å². The molecule has 2 amide bonds. The van der Waals surface area contributed by atoms with Crippen molar-refractivity contribution in [3.05, 3.63) is 41.5 Å². The van der Waals surface area contributed by atoms with Gasteiger partial charge in [0.2, 0.25) is 5.91 Å². The molecule has 1 heterocycles. The Labute approximate surface area is 105 Å². The molecule has 1 saturated heterocycles. The number of hydrogen-bond acceptors (Lipinski definition) is 2. The van der Waals surface area contributed by atoms with Crippen LogP contribution in [0.3, 0.4) is 0 Å². The monoisotopic (exact) mass is 249 g/mol. The molecule has 0 aromatic heterocycles. The summed E-state index contributed by atoms with van der Waals surface area (Å²) in [4.78, 5) is 25.0. The fraction of sp³-hybridized carbons (Fsp3) is 0.231. The van der Waals surface area contributed by atoms with Crippen molar-refractivity contribution >= 4 is 29.1 Å². The van der Waals surface area contributed by atoms with E-state index in [1.807, 2.05) is 19.1 Å². The van der Waals surface area contributed by atoms with Crippen molar-refractivity contribution < 1.29 is 9.59 Å². The molecule has 4 heteroatoms. The van der Waals surface area contributed by atoms with Gasteiger partial charge in [0.1, 0.15) is 0 Å². The van der Waals surface area contributed by atoms with E-state index in [-0.39, 0.29) is 24.1 Å². The topological polar surface area (TPSA) is 37.4 Å². The number of carbonyl (C=O) groups is 2. The number of amides is 2. The summed E-state index contributed by atoms with van der Waals surface area (Å²) in [6, 6.07) is 7.29. The second kappa shape index (κ2) is 4.72. The number of nitrogens with zero attached hydrogens (tertiary/aromatic N) is 1. The summed E-state index contributed by atoms with van der Waals surface area (Å²) in [5.74, 6) is -0.217. The summed E-state index contributed by atoms with van der Waals surface area (Å²) in [5.41, 5.74) is 2.18. The number of hydrogen-bond donors (Lipinski definition) is 0. The largest absolute Gasteiger partial charge is 0.274 e. The Kier molecular flexibility index (Phi) is 3.29. The van der Waals surface area contributed by atoms with Gasteiger partial charge in [0, 0.05) is 11.5 Å². The fourth-order valence-corrected chi connectivity index (χ4v) is 1.97. The maximum Gasteiger partial charge on any atom is 0.261 e. The first-order valence-corrected chi connectivity index (χ1v) is 5.86. The van der Waals surface area contributed by atoms with Crippen molar-refractivity contribution in [3.8, 4) is 0 Å². The zero-order valence-corrected chi connectivity index (χ0v) is 10.2. The molecule has 0 N–H and O–H groups in total. The third-order valence-corrected chi connectivity index (χ3v) is 2.84. The lowest BCUT2D eigenvalue weighted by Crippen LogP contribution is -2.28. The van der Waals surface area contributed by atoms with Gasteiger partial charge in [-0.1, -0.05) is 23.8 Å². The molecule has 0 spiro atoms. The average molecular weight is 250 g/mol. The lowest BCUT2D eigenvalue weighted by atomic mass is 10.2. The first-order valence-electron chi connectivity index (χ1n) is 5.32. The standard InChI is InChI=1S/C13H12ClNO2/c1-9-2-4-11(5-3-9)15-12(16)8-10(6-7-14)13(15)17/h2-6H,7-8H2,1H3/b10-6+. The molecule has 17 heavy (non-hydrogen) atoms. The second-order valence-electron chi connectivity index (χ2n) is 3.93. The van der Waals surface area contributed by atoms with Crippen LogP contribution in [-0.4, -0.2) is 17.7 Å². The van der Waals surface area contributed by atoms with E-state index in [9.17, 15) is 9.59 Å². The number of anilines is 1. The maximum atomic E-state index is 12.0. The first-order chi connectivity index (χ1) is 8.13. The average Bonchev–Trinajstić information content (AvgIpc) is 2.57. The molecule has 0 radical (unpaired) electrons. The highest BCUT2D eigenvalue weighted by Gasteiger charge is 2.34. The molecule has 1 aromatic rings. The fourth-order valence-electron chi connectivity index (χ4n) is 1.78. The van der Waals surface area contributed by atoms with E-state index in [2.05, 4.69) is 0 Å². The molecule has 1 fully saturated rings. The quantitative estimate of drug-likeness (QED) is 0.459. The van der Waals surface area contributed by atoms with Gasteiger partial charge >= 0.3 is 0 Å². The van der Waals surface area contributed by atoms with E-state index in [4.69, 9.17) is 11.6 Å². The lowest BCUT2D eigenvalue weighted by molar-refractivity contribution is -0.120. The van der Waals surface area contributed by atoms with Crippen LogP contribution >= 0.6 is 11.6 Å².